The molecule has 1 atom stereocenters. The Morgan fingerprint density at radius 2 is 1.81 bits per heavy atom. The maximum absolute atomic E-state index is 5.62. The molecule has 9 heteroatoms. The molecule has 1 fully saturated rings. The third kappa shape index (κ3) is 5.41. The molecule has 2 aromatic carbocycles. The van der Waals surface area contributed by atoms with Crippen LogP contribution in [0.3, 0.4) is 0 Å². The normalized spacial score (nSPS) is 18.4. The van der Waals surface area contributed by atoms with Crippen molar-refractivity contribution in [3.8, 4) is 11.5 Å². The Hall–Kier alpha value is -3.59. The van der Waals surface area contributed by atoms with Crippen LogP contribution in [0.15, 0.2) is 48.5 Å². The van der Waals surface area contributed by atoms with E-state index in [4.69, 9.17) is 31.7 Å². The average Bonchev–Trinajstić information content (AvgIpc) is 3.39. The Morgan fingerprint density at radius 1 is 1.00 bits per heavy atom. The summed E-state index contributed by atoms with van der Waals surface area (Å²) < 4.78 is 10.9. The predicted molar refractivity (Wildman–Crippen MR) is 149 cm³/mol. The molecule has 6 rings (SSSR count). The van der Waals surface area contributed by atoms with Crippen LogP contribution in [-0.4, -0.2) is 41.5 Å². The van der Waals surface area contributed by atoms with Gasteiger partial charge in [-0.1, -0.05) is 37.3 Å². The fraction of sp³-hybridized carbons (Fsp3) is 0.393. The van der Waals surface area contributed by atoms with Crippen molar-refractivity contribution in [1.29, 1.82) is 0 Å². The second-order valence-electron chi connectivity index (χ2n) is 10.0. The topological polar surface area (TPSA) is 74.8 Å². The van der Waals surface area contributed by atoms with Crippen LogP contribution in [0.1, 0.15) is 36.5 Å². The highest BCUT2D eigenvalue weighted by molar-refractivity contribution is 7.80. The summed E-state index contributed by atoms with van der Waals surface area (Å²) in [5, 5.41) is 7.00. The molecule has 0 saturated carbocycles. The SMILES string of the molecule is C[C@@H]1CCCN(c2cc(N3CCc4ccccc4C3)nc(NC(=S)NCc3ccc4c(c3)OCO4)n2)C1. The first-order valence-corrected chi connectivity index (χ1v) is 13.4. The molecule has 2 N–H and O–H groups in total. The second-order valence-corrected chi connectivity index (χ2v) is 10.4. The van der Waals surface area contributed by atoms with Crippen LogP contribution in [0.5, 0.6) is 11.5 Å². The van der Waals surface area contributed by atoms with Gasteiger partial charge < -0.3 is 29.9 Å². The van der Waals surface area contributed by atoms with Crippen molar-refractivity contribution in [1.82, 2.24) is 15.3 Å². The van der Waals surface area contributed by atoms with E-state index >= 15 is 0 Å². The number of hydrogen-bond donors (Lipinski definition) is 2. The van der Waals surface area contributed by atoms with Crippen molar-refractivity contribution in [2.45, 2.75) is 39.3 Å². The van der Waals surface area contributed by atoms with E-state index in [-0.39, 0.29) is 6.79 Å². The molecule has 0 spiro atoms. The number of rotatable bonds is 5. The predicted octanol–water partition coefficient (Wildman–Crippen LogP) is 4.49. The lowest BCUT2D eigenvalue weighted by molar-refractivity contribution is 0.174. The van der Waals surface area contributed by atoms with Crippen LogP contribution in [0.25, 0.3) is 0 Å². The van der Waals surface area contributed by atoms with Gasteiger partial charge in [-0.2, -0.15) is 9.97 Å². The minimum Gasteiger partial charge on any atom is -0.454 e. The van der Waals surface area contributed by atoms with E-state index < -0.39 is 0 Å². The molecule has 0 aliphatic carbocycles. The summed E-state index contributed by atoms with van der Waals surface area (Å²) in [5.74, 6) is 4.59. The third-order valence-corrected chi connectivity index (χ3v) is 7.50. The highest BCUT2D eigenvalue weighted by Gasteiger charge is 2.23. The number of aromatic nitrogens is 2. The minimum atomic E-state index is 0.264. The number of piperidine rings is 1. The summed E-state index contributed by atoms with van der Waals surface area (Å²) in [6.45, 7) is 6.92. The lowest BCUT2D eigenvalue weighted by Crippen LogP contribution is -2.36. The largest absolute Gasteiger partial charge is 0.454 e. The zero-order valence-electron chi connectivity index (χ0n) is 21.1. The first kappa shape index (κ1) is 23.8. The molecule has 8 nitrogen and oxygen atoms in total. The lowest BCUT2D eigenvalue weighted by atomic mass is 10.00. The van der Waals surface area contributed by atoms with E-state index in [1.165, 1.54) is 24.0 Å². The van der Waals surface area contributed by atoms with Crippen molar-refractivity contribution >= 4 is 34.9 Å². The fourth-order valence-corrected chi connectivity index (χ4v) is 5.43. The number of benzene rings is 2. The number of nitrogens with zero attached hydrogens (tertiary/aromatic N) is 4. The van der Waals surface area contributed by atoms with Crippen LogP contribution in [-0.2, 0) is 19.5 Å². The summed E-state index contributed by atoms with van der Waals surface area (Å²) in [6.07, 6.45) is 3.45. The Kier molecular flexibility index (Phi) is 6.70. The number of anilines is 3. The van der Waals surface area contributed by atoms with Gasteiger partial charge in [0.05, 0.1) is 0 Å². The zero-order chi connectivity index (χ0) is 25.2. The van der Waals surface area contributed by atoms with Crippen LogP contribution in [0.4, 0.5) is 17.6 Å². The smallest absolute Gasteiger partial charge is 0.232 e. The average molecular weight is 517 g/mol. The molecule has 0 amide bonds. The van der Waals surface area contributed by atoms with Gasteiger partial charge in [0, 0.05) is 38.8 Å². The number of fused-ring (bicyclic) bond motifs is 2. The molecule has 3 aromatic rings. The van der Waals surface area contributed by atoms with E-state index in [0.717, 1.165) is 61.3 Å². The molecule has 192 valence electrons. The van der Waals surface area contributed by atoms with Gasteiger partial charge in [-0.25, -0.2) is 0 Å². The van der Waals surface area contributed by atoms with Gasteiger partial charge in [-0.15, -0.1) is 0 Å². The van der Waals surface area contributed by atoms with Crippen molar-refractivity contribution < 1.29 is 9.47 Å². The van der Waals surface area contributed by atoms with Crippen molar-refractivity contribution in [2.24, 2.45) is 5.92 Å². The van der Waals surface area contributed by atoms with Crippen LogP contribution in [0.2, 0.25) is 0 Å². The maximum Gasteiger partial charge on any atom is 0.232 e. The Bertz CT molecular complexity index is 1300. The summed E-state index contributed by atoms with van der Waals surface area (Å²) in [6, 6.07) is 16.7. The highest BCUT2D eigenvalue weighted by Crippen LogP contribution is 2.32. The molecule has 1 aromatic heterocycles. The van der Waals surface area contributed by atoms with Crippen molar-refractivity contribution in [2.75, 3.05) is 41.5 Å². The molecule has 0 bridgehead atoms. The minimum absolute atomic E-state index is 0.264. The van der Waals surface area contributed by atoms with E-state index in [9.17, 15) is 0 Å². The van der Waals surface area contributed by atoms with E-state index in [1.807, 2.05) is 18.2 Å². The first-order valence-electron chi connectivity index (χ1n) is 13.0. The molecule has 3 aliphatic rings. The van der Waals surface area contributed by atoms with E-state index in [0.29, 0.717) is 23.5 Å². The summed E-state index contributed by atoms with van der Waals surface area (Å²) in [5.41, 5.74) is 3.83. The van der Waals surface area contributed by atoms with Gasteiger partial charge >= 0.3 is 0 Å². The lowest BCUT2D eigenvalue weighted by Gasteiger charge is -2.34. The quantitative estimate of drug-likeness (QED) is 0.477. The molecule has 1 saturated heterocycles. The fourth-order valence-electron chi connectivity index (χ4n) is 5.27. The maximum atomic E-state index is 5.62. The van der Waals surface area contributed by atoms with Gasteiger partial charge in [0.15, 0.2) is 16.6 Å². The Balaban J connectivity index is 1.20. The summed E-state index contributed by atoms with van der Waals surface area (Å²) >= 11 is 5.62. The highest BCUT2D eigenvalue weighted by atomic mass is 32.1. The molecule has 0 unspecified atom stereocenters. The van der Waals surface area contributed by atoms with Gasteiger partial charge in [-0.05, 0) is 66.2 Å². The molecular weight excluding hydrogens is 484 g/mol. The van der Waals surface area contributed by atoms with Gasteiger partial charge in [0.1, 0.15) is 11.6 Å². The summed E-state index contributed by atoms with van der Waals surface area (Å²) in [7, 11) is 0. The summed E-state index contributed by atoms with van der Waals surface area (Å²) in [4.78, 5) is 14.5. The zero-order valence-corrected chi connectivity index (χ0v) is 21.9. The molecule has 3 aliphatic heterocycles. The van der Waals surface area contributed by atoms with Crippen molar-refractivity contribution in [3.63, 3.8) is 0 Å². The van der Waals surface area contributed by atoms with Crippen LogP contribution >= 0.6 is 12.2 Å². The Morgan fingerprint density at radius 3 is 2.68 bits per heavy atom. The first-order chi connectivity index (χ1) is 18.1. The molecule has 37 heavy (non-hydrogen) atoms. The van der Waals surface area contributed by atoms with Gasteiger partial charge in [0.25, 0.3) is 0 Å². The Labute approximate surface area is 223 Å². The second kappa shape index (κ2) is 10.4. The molecule has 0 radical (unpaired) electrons. The standard InChI is InChI=1S/C28H32N6O2S/c1-19-5-4-11-33(16-19)25-14-26(34-12-10-21-6-2-3-7-22(21)17-34)31-27(30-25)32-28(37)29-15-20-8-9-23-24(13-20)36-18-35-23/h2-3,6-9,13-14,19H,4-5,10-12,15-18H2,1H3,(H2,29,30,31,32,37)/t19-/m1/s1. The van der Waals surface area contributed by atoms with Crippen molar-refractivity contribution in [3.05, 3.63) is 65.2 Å². The molecule has 4 heterocycles. The number of ether oxygens (including phenoxy) is 2. The third-order valence-electron chi connectivity index (χ3n) is 7.25. The van der Waals surface area contributed by atoms with E-state index in [2.05, 4.69) is 57.7 Å². The number of nitrogens with one attached hydrogen (secondary N) is 2. The number of hydrogen-bond acceptors (Lipinski definition) is 7. The number of thiocarbonyl (C=S) groups is 1. The van der Waals surface area contributed by atoms with Gasteiger partial charge in [-0.3, -0.25) is 0 Å². The van der Waals surface area contributed by atoms with E-state index in [1.54, 1.807) is 0 Å². The van der Waals surface area contributed by atoms with Crippen LogP contribution in [0, 0.1) is 5.92 Å². The van der Waals surface area contributed by atoms with Gasteiger partial charge in [0.2, 0.25) is 12.7 Å². The molecular formula is C28H32N6O2S. The monoisotopic (exact) mass is 516 g/mol. The van der Waals surface area contributed by atoms with Crippen LogP contribution < -0.4 is 29.9 Å².